The van der Waals surface area contributed by atoms with E-state index in [1.165, 1.54) is 0 Å². The standard InChI is InChI=1S/C15H17O/c1-2-3-4-5-6-10-13-16-14-15-11-8-7-9-12-15/h2-3,7-9,11-12,14H,6,10,13H2,1H3/q+1/b3-2+. The molecule has 0 spiro atoms. The van der Waals surface area contributed by atoms with Gasteiger partial charge >= 0.3 is 6.29 Å². The fraction of sp³-hybridized carbons (Fsp3) is 0.267. The molecule has 0 aromatic heterocycles. The third kappa shape index (κ3) is 5.82. The second kappa shape index (κ2) is 8.49. The quantitative estimate of drug-likeness (QED) is 0.314. The summed E-state index contributed by atoms with van der Waals surface area (Å²) in [5, 5.41) is 0. The molecule has 0 N–H and O–H groups in total. The van der Waals surface area contributed by atoms with E-state index in [-0.39, 0.29) is 0 Å². The average Bonchev–Trinajstić information content (AvgIpc) is 2.34. The molecule has 16 heavy (non-hydrogen) atoms. The monoisotopic (exact) mass is 213 g/mol. The molecule has 1 aromatic carbocycles. The summed E-state index contributed by atoms with van der Waals surface area (Å²) in [7, 11) is 0. The highest BCUT2D eigenvalue weighted by atomic mass is 16.4. The predicted octanol–water partition coefficient (Wildman–Crippen LogP) is 3.39. The lowest BCUT2D eigenvalue weighted by atomic mass is 10.2. The highest BCUT2D eigenvalue weighted by Gasteiger charge is 1.93. The van der Waals surface area contributed by atoms with E-state index in [0.29, 0.717) is 0 Å². The smallest absolute Gasteiger partial charge is 0.262 e. The molecule has 0 aliphatic rings. The fourth-order valence-electron chi connectivity index (χ4n) is 1.15. The molecule has 1 aromatic rings. The maximum Gasteiger partial charge on any atom is 0.315 e. The first-order chi connectivity index (χ1) is 7.93. The van der Waals surface area contributed by atoms with Crippen molar-refractivity contribution in [1.82, 2.24) is 0 Å². The molecule has 0 saturated heterocycles. The topological polar surface area (TPSA) is 11.3 Å². The van der Waals surface area contributed by atoms with Crippen molar-refractivity contribution in [3.05, 3.63) is 48.0 Å². The second-order valence-electron chi connectivity index (χ2n) is 3.32. The molecule has 1 heteroatoms. The Labute approximate surface area is 97.5 Å². The summed E-state index contributed by atoms with van der Waals surface area (Å²) in [6, 6.07) is 10.0. The van der Waals surface area contributed by atoms with Crippen LogP contribution in [0.4, 0.5) is 0 Å². The molecule has 0 heterocycles. The van der Waals surface area contributed by atoms with Crippen LogP contribution in [0.1, 0.15) is 29.8 Å². The average molecular weight is 213 g/mol. The third-order valence-corrected chi connectivity index (χ3v) is 1.94. The largest absolute Gasteiger partial charge is 0.315 e. The molecule has 0 atom stereocenters. The summed E-state index contributed by atoms with van der Waals surface area (Å²) < 4.78 is 5.42. The molecule has 0 fully saturated rings. The molecule has 0 unspecified atom stereocenters. The second-order valence-corrected chi connectivity index (χ2v) is 3.32. The number of aldehydes is 1. The molecule has 0 aliphatic heterocycles. The molecule has 0 radical (unpaired) electrons. The lowest BCUT2D eigenvalue weighted by Crippen LogP contribution is -1.84. The van der Waals surface area contributed by atoms with Crippen molar-refractivity contribution in [2.45, 2.75) is 19.8 Å². The van der Waals surface area contributed by atoms with Gasteiger partial charge in [-0.15, -0.1) is 0 Å². The highest BCUT2D eigenvalue weighted by Crippen LogP contribution is 1.94. The van der Waals surface area contributed by atoms with Crippen LogP contribution in [0.25, 0.3) is 0 Å². The van der Waals surface area contributed by atoms with E-state index in [2.05, 4.69) is 11.8 Å². The Hall–Kier alpha value is -1.81. The number of rotatable bonds is 4. The molecule has 0 amide bonds. The SMILES string of the molecule is C/C=C/C#CCCC[O+]=Cc1ccccc1. The van der Waals surface area contributed by atoms with Gasteiger partial charge in [0.15, 0.2) is 0 Å². The van der Waals surface area contributed by atoms with Gasteiger partial charge in [-0.25, -0.2) is 0 Å². The number of hydrogen-bond acceptors (Lipinski definition) is 0. The van der Waals surface area contributed by atoms with Crippen molar-refractivity contribution in [1.29, 1.82) is 0 Å². The molecule has 0 aliphatic carbocycles. The lowest BCUT2D eigenvalue weighted by molar-refractivity contribution is -0.264. The minimum absolute atomic E-state index is 0.722. The van der Waals surface area contributed by atoms with E-state index in [9.17, 15) is 0 Å². The molecular weight excluding hydrogens is 196 g/mol. The number of unbranched alkanes of at least 4 members (excludes halogenated alkanes) is 1. The van der Waals surface area contributed by atoms with E-state index in [1.54, 1.807) is 6.29 Å². The Morgan fingerprint density at radius 3 is 2.81 bits per heavy atom. The van der Waals surface area contributed by atoms with Crippen LogP contribution < -0.4 is 0 Å². The number of carbonyl (C=O) groups excluding carboxylic acids is 1. The summed E-state index contributed by atoms with van der Waals surface area (Å²) >= 11 is 0. The third-order valence-electron chi connectivity index (χ3n) is 1.94. The molecule has 0 saturated carbocycles. The van der Waals surface area contributed by atoms with Gasteiger partial charge in [0.2, 0.25) is 0 Å². The minimum Gasteiger partial charge on any atom is -0.262 e. The normalized spacial score (nSPS) is 10.6. The Morgan fingerprint density at radius 1 is 1.25 bits per heavy atom. The van der Waals surface area contributed by atoms with Crippen molar-refractivity contribution in [3.63, 3.8) is 0 Å². The van der Waals surface area contributed by atoms with Crippen molar-refractivity contribution < 1.29 is 4.42 Å². The van der Waals surface area contributed by atoms with Crippen molar-refractivity contribution in [2.24, 2.45) is 0 Å². The van der Waals surface area contributed by atoms with Crippen LogP contribution in [0.5, 0.6) is 0 Å². The summed E-state index contributed by atoms with van der Waals surface area (Å²) in [6.07, 6.45) is 7.43. The lowest BCUT2D eigenvalue weighted by Gasteiger charge is -1.83. The van der Waals surface area contributed by atoms with Crippen LogP contribution in [0.2, 0.25) is 0 Å². The number of allylic oxidation sites excluding steroid dienone is 2. The molecule has 1 rings (SSSR count). The van der Waals surface area contributed by atoms with Crippen molar-refractivity contribution >= 4 is 6.29 Å². The number of hydrogen-bond donors (Lipinski definition) is 0. The first-order valence-electron chi connectivity index (χ1n) is 5.53. The van der Waals surface area contributed by atoms with Gasteiger partial charge in [0, 0.05) is 12.8 Å². The van der Waals surface area contributed by atoms with Gasteiger partial charge in [0.1, 0.15) is 0 Å². The van der Waals surface area contributed by atoms with E-state index in [4.69, 9.17) is 4.42 Å². The van der Waals surface area contributed by atoms with Crippen LogP contribution in [-0.4, -0.2) is 12.9 Å². The summed E-state index contributed by atoms with van der Waals surface area (Å²) in [5.74, 6) is 6.00. The van der Waals surface area contributed by atoms with Gasteiger partial charge in [-0.2, -0.15) is 0 Å². The summed E-state index contributed by atoms with van der Waals surface area (Å²) in [6.45, 7) is 2.69. The Bertz CT molecular complexity index is 390. The minimum atomic E-state index is 0.722. The highest BCUT2D eigenvalue weighted by molar-refractivity contribution is 5.74. The predicted molar refractivity (Wildman–Crippen MR) is 68.5 cm³/mol. The van der Waals surface area contributed by atoms with Gasteiger partial charge in [-0.3, -0.25) is 4.42 Å². The maximum atomic E-state index is 5.42. The van der Waals surface area contributed by atoms with Gasteiger partial charge in [-0.1, -0.05) is 36.1 Å². The van der Waals surface area contributed by atoms with E-state index < -0.39 is 0 Å². The Balaban J connectivity index is 2.17. The Kier molecular flexibility index (Phi) is 6.51. The van der Waals surface area contributed by atoms with Crippen LogP contribution >= 0.6 is 0 Å². The van der Waals surface area contributed by atoms with Crippen molar-refractivity contribution in [3.8, 4) is 11.8 Å². The van der Waals surface area contributed by atoms with E-state index in [0.717, 1.165) is 25.0 Å². The first-order valence-corrected chi connectivity index (χ1v) is 5.53. The maximum absolute atomic E-state index is 5.42. The van der Waals surface area contributed by atoms with E-state index in [1.807, 2.05) is 49.4 Å². The number of benzene rings is 1. The van der Waals surface area contributed by atoms with Crippen molar-refractivity contribution in [2.75, 3.05) is 6.61 Å². The van der Waals surface area contributed by atoms with Gasteiger partial charge < -0.3 is 0 Å². The van der Waals surface area contributed by atoms with Crippen LogP contribution in [0.3, 0.4) is 0 Å². The van der Waals surface area contributed by atoms with Gasteiger partial charge in [0.05, 0.1) is 5.56 Å². The van der Waals surface area contributed by atoms with E-state index >= 15 is 0 Å². The van der Waals surface area contributed by atoms with Gasteiger partial charge in [-0.05, 0) is 25.1 Å². The van der Waals surface area contributed by atoms with Crippen LogP contribution in [-0.2, 0) is 0 Å². The van der Waals surface area contributed by atoms with Crippen LogP contribution in [0.15, 0.2) is 42.5 Å². The fourth-order valence-corrected chi connectivity index (χ4v) is 1.15. The zero-order valence-electron chi connectivity index (χ0n) is 9.65. The zero-order valence-corrected chi connectivity index (χ0v) is 9.65. The molecule has 82 valence electrons. The van der Waals surface area contributed by atoms with Crippen LogP contribution in [0, 0.1) is 11.8 Å². The molecule has 0 bridgehead atoms. The molecule has 1 nitrogen and oxygen atoms in total. The first kappa shape index (κ1) is 12.3. The van der Waals surface area contributed by atoms with Gasteiger partial charge in [0.25, 0.3) is 6.61 Å². The zero-order chi connectivity index (χ0) is 11.5. The summed E-state index contributed by atoms with van der Waals surface area (Å²) in [5.41, 5.74) is 1.10. The summed E-state index contributed by atoms with van der Waals surface area (Å²) in [4.78, 5) is 0. The Morgan fingerprint density at radius 2 is 2.06 bits per heavy atom. The molecular formula is C15H17O+.